The Bertz CT molecular complexity index is 1370. The van der Waals surface area contributed by atoms with E-state index in [1.165, 1.54) is 16.7 Å². The van der Waals surface area contributed by atoms with E-state index in [0.29, 0.717) is 17.4 Å². The van der Waals surface area contributed by atoms with E-state index in [0.717, 1.165) is 29.7 Å². The van der Waals surface area contributed by atoms with Crippen LogP contribution < -0.4 is 9.47 Å². The van der Waals surface area contributed by atoms with Gasteiger partial charge in [0.1, 0.15) is 17.2 Å². The molecular weight excluding hydrogens is 524 g/mol. The summed E-state index contributed by atoms with van der Waals surface area (Å²) in [7, 11) is 0. The van der Waals surface area contributed by atoms with Crippen LogP contribution in [-0.4, -0.2) is 23.8 Å². The first kappa shape index (κ1) is 31.4. The molecule has 0 radical (unpaired) electrons. The van der Waals surface area contributed by atoms with Gasteiger partial charge < -0.3 is 19.3 Å². The molecule has 0 unspecified atom stereocenters. The standard InChI is InChI=1S/C37H46O5/c1-9-37(7,8)28-14-16-29(17-15-28)42-30-18-19-34(40-22-35(38)39)33(20-30)36-31(24(4)5)21-32(25(6)41-36)27-12-10-26(11-13-27)23(2)3/h10-20,23,25,31-32,36H,4,9,21-22H2,1-3,5-8H3,(H,38,39)/t25-,31+,32-,36-/m1/s1. The highest BCUT2D eigenvalue weighted by Gasteiger charge is 2.39. The number of hydrogen-bond donors (Lipinski definition) is 1. The fourth-order valence-electron chi connectivity index (χ4n) is 5.69. The van der Waals surface area contributed by atoms with Gasteiger partial charge in [-0.05, 0) is 85.0 Å². The molecule has 0 bridgehead atoms. The van der Waals surface area contributed by atoms with Crippen molar-refractivity contribution in [2.75, 3.05) is 6.61 Å². The summed E-state index contributed by atoms with van der Waals surface area (Å²) < 4.78 is 18.8. The lowest BCUT2D eigenvalue weighted by molar-refractivity contribution is -0.139. The maximum Gasteiger partial charge on any atom is 0.341 e. The monoisotopic (exact) mass is 570 g/mol. The van der Waals surface area contributed by atoms with Crippen molar-refractivity contribution in [3.63, 3.8) is 0 Å². The van der Waals surface area contributed by atoms with Crippen molar-refractivity contribution in [2.24, 2.45) is 5.92 Å². The summed E-state index contributed by atoms with van der Waals surface area (Å²) in [5.41, 5.74) is 5.71. The zero-order valence-corrected chi connectivity index (χ0v) is 26.1. The Balaban J connectivity index is 1.65. The Morgan fingerprint density at radius 3 is 2.26 bits per heavy atom. The van der Waals surface area contributed by atoms with Crippen LogP contribution in [0.1, 0.15) is 102 Å². The van der Waals surface area contributed by atoms with Crippen molar-refractivity contribution < 1.29 is 24.1 Å². The van der Waals surface area contributed by atoms with Crippen LogP contribution in [0.4, 0.5) is 0 Å². The van der Waals surface area contributed by atoms with Crippen molar-refractivity contribution in [2.45, 2.75) is 90.8 Å². The summed E-state index contributed by atoms with van der Waals surface area (Å²) in [6.45, 7) is 19.1. The molecule has 4 rings (SSSR count). The smallest absolute Gasteiger partial charge is 0.341 e. The Labute approximate surface area is 251 Å². The van der Waals surface area contributed by atoms with Gasteiger partial charge >= 0.3 is 5.97 Å². The van der Waals surface area contributed by atoms with E-state index in [1.807, 2.05) is 31.2 Å². The first-order chi connectivity index (χ1) is 19.9. The molecule has 0 amide bonds. The molecule has 42 heavy (non-hydrogen) atoms. The second kappa shape index (κ2) is 13.2. The lowest BCUT2D eigenvalue weighted by atomic mass is 9.75. The SMILES string of the molecule is C=C(C)[C@@H]1C[C@@H](c2ccc(C(C)C)cc2)[C@@H](C)O[C@H]1c1cc(Oc2ccc(C(C)(C)CC)cc2)ccc1OCC(=O)O. The molecule has 3 aromatic rings. The molecule has 1 aliphatic heterocycles. The van der Waals surface area contributed by atoms with Crippen molar-refractivity contribution in [3.8, 4) is 17.2 Å². The first-order valence-corrected chi connectivity index (χ1v) is 15.1. The largest absolute Gasteiger partial charge is 0.482 e. The van der Waals surface area contributed by atoms with Crippen LogP contribution in [0.5, 0.6) is 17.2 Å². The molecule has 3 aromatic carbocycles. The molecule has 0 aliphatic carbocycles. The minimum absolute atomic E-state index is 0.00830. The summed E-state index contributed by atoms with van der Waals surface area (Å²) in [4.78, 5) is 11.4. The minimum atomic E-state index is -1.03. The molecular formula is C37H46O5. The zero-order valence-electron chi connectivity index (χ0n) is 26.1. The van der Waals surface area contributed by atoms with Crippen LogP contribution in [0.3, 0.4) is 0 Å². The topological polar surface area (TPSA) is 65.0 Å². The van der Waals surface area contributed by atoms with E-state index >= 15 is 0 Å². The van der Waals surface area contributed by atoms with Gasteiger partial charge in [-0.25, -0.2) is 4.79 Å². The van der Waals surface area contributed by atoms with E-state index < -0.39 is 12.6 Å². The first-order valence-electron chi connectivity index (χ1n) is 15.1. The average Bonchev–Trinajstić information content (AvgIpc) is 2.96. The van der Waals surface area contributed by atoms with Gasteiger partial charge in [0.25, 0.3) is 0 Å². The van der Waals surface area contributed by atoms with Gasteiger partial charge in [-0.3, -0.25) is 0 Å². The van der Waals surface area contributed by atoms with Crippen LogP contribution in [-0.2, 0) is 14.9 Å². The number of carboxylic acid groups (broad SMARTS) is 1. The van der Waals surface area contributed by atoms with Crippen molar-refractivity contribution >= 4 is 5.97 Å². The molecule has 1 N–H and O–H groups in total. The number of carbonyl (C=O) groups is 1. The predicted octanol–water partition coefficient (Wildman–Crippen LogP) is 9.58. The predicted molar refractivity (Wildman–Crippen MR) is 169 cm³/mol. The Hall–Kier alpha value is -3.57. The highest BCUT2D eigenvalue weighted by atomic mass is 16.5. The minimum Gasteiger partial charge on any atom is -0.482 e. The molecule has 0 spiro atoms. The Kier molecular flexibility index (Phi) is 9.83. The fraction of sp³-hybridized carbons (Fsp3) is 0.432. The van der Waals surface area contributed by atoms with Crippen LogP contribution >= 0.6 is 0 Å². The summed E-state index contributed by atoms with van der Waals surface area (Å²) in [6.07, 6.45) is 1.48. The molecule has 5 nitrogen and oxygen atoms in total. The van der Waals surface area contributed by atoms with E-state index in [2.05, 4.69) is 84.5 Å². The molecule has 1 fully saturated rings. The number of aliphatic carboxylic acids is 1. The second-order valence-electron chi connectivity index (χ2n) is 12.6. The molecule has 224 valence electrons. The molecule has 1 saturated heterocycles. The number of benzene rings is 3. The Morgan fingerprint density at radius 2 is 1.69 bits per heavy atom. The summed E-state index contributed by atoms with van der Waals surface area (Å²) in [6, 6.07) is 22.6. The number of carboxylic acids is 1. The van der Waals surface area contributed by atoms with Gasteiger partial charge in [-0.2, -0.15) is 0 Å². The lowest BCUT2D eigenvalue weighted by Gasteiger charge is -2.42. The van der Waals surface area contributed by atoms with E-state index in [4.69, 9.17) is 14.2 Å². The van der Waals surface area contributed by atoms with Gasteiger partial charge in [-0.15, -0.1) is 0 Å². The van der Waals surface area contributed by atoms with E-state index in [9.17, 15) is 9.90 Å². The van der Waals surface area contributed by atoms with Crippen molar-refractivity contribution in [1.82, 2.24) is 0 Å². The fourth-order valence-corrected chi connectivity index (χ4v) is 5.69. The molecule has 0 saturated carbocycles. The third kappa shape index (κ3) is 7.25. The van der Waals surface area contributed by atoms with E-state index in [-0.39, 0.29) is 29.5 Å². The van der Waals surface area contributed by atoms with E-state index in [1.54, 1.807) is 6.07 Å². The highest BCUT2D eigenvalue weighted by molar-refractivity contribution is 5.68. The highest BCUT2D eigenvalue weighted by Crippen LogP contribution is 2.49. The van der Waals surface area contributed by atoms with Gasteiger partial charge in [0.05, 0.1) is 12.2 Å². The quantitative estimate of drug-likeness (QED) is 0.233. The number of ether oxygens (including phenoxy) is 3. The summed E-state index contributed by atoms with van der Waals surface area (Å²) in [5.74, 6) is 1.51. The van der Waals surface area contributed by atoms with Gasteiger partial charge in [-0.1, -0.05) is 83.2 Å². The zero-order chi connectivity index (χ0) is 30.6. The maximum absolute atomic E-state index is 11.4. The normalized spacial score (nSPS) is 20.8. The average molecular weight is 571 g/mol. The van der Waals surface area contributed by atoms with Crippen LogP contribution in [0.15, 0.2) is 78.9 Å². The molecule has 1 heterocycles. The van der Waals surface area contributed by atoms with Crippen LogP contribution in [0.2, 0.25) is 0 Å². The maximum atomic E-state index is 11.4. The Morgan fingerprint density at radius 1 is 1.05 bits per heavy atom. The summed E-state index contributed by atoms with van der Waals surface area (Å²) >= 11 is 0. The van der Waals surface area contributed by atoms with Crippen molar-refractivity contribution in [3.05, 3.63) is 101 Å². The number of rotatable bonds is 11. The molecule has 1 aliphatic rings. The molecule has 4 atom stereocenters. The number of hydrogen-bond acceptors (Lipinski definition) is 4. The molecule has 5 heteroatoms. The van der Waals surface area contributed by atoms with Gasteiger partial charge in [0.15, 0.2) is 6.61 Å². The summed E-state index contributed by atoms with van der Waals surface area (Å²) in [5, 5.41) is 9.32. The second-order valence-corrected chi connectivity index (χ2v) is 12.6. The third-order valence-electron chi connectivity index (χ3n) is 8.86. The van der Waals surface area contributed by atoms with Crippen LogP contribution in [0.25, 0.3) is 0 Å². The van der Waals surface area contributed by atoms with Crippen molar-refractivity contribution in [1.29, 1.82) is 0 Å². The van der Waals surface area contributed by atoms with Gasteiger partial charge in [0, 0.05) is 17.4 Å². The van der Waals surface area contributed by atoms with Crippen LogP contribution in [0, 0.1) is 5.92 Å². The molecule has 0 aromatic heterocycles. The van der Waals surface area contributed by atoms with Gasteiger partial charge in [0.2, 0.25) is 0 Å². The third-order valence-corrected chi connectivity index (χ3v) is 8.86. The lowest BCUT2D eigenvalue weighted by Crippen LogP contribution is -2.34.